The van der Waals surface area contributed by atoms with Gasteiger partial charge in [0.2, 0.25) is 0 Å². The van der Waals surface area contributed by atoms with E-state index in [0.29, 0.717) is 13.0 Å². The van der Waals surface area contributed by atoms with E-state index in [2.05, 4.69) is 30.9 Å². The van der Waals surface area contributed by atoms with Crippen molar-refractivity contribution in [3.63, 3.8) is 0 Å². The van der Waals surface area contributed by atoms with Crippen LogP contribution in [-0.4, -0.2) is 37.1 Å². The molecule has 0 unspecified atom stereocenters. The first kappa shape index (κ1) is 20.2. The Balaban J connectivity index is 0.00000288. The van der Waals surface area contributed by atoms with E-state index in [-0.39, 0.29) is 18.4 Å². The Morgan fingerprint density at radius 3 is 2.25 bits per heavy atom. The summed E-state index contributed by atoms with van der Waals surface area (Å²) in [6.45, 7) is 7.42. The number of hydrogen-bond donors (Lipinski definition) is 0. The summed E-state index contributed by atoms with van der Waals surface area (Å²) in [6.07, 6.45) is 0.309. The highest BCUT2D eigenvalue weighted by atomic mass is 35.5. The van der Waals surface area contributed by atoms with E-state index >= 15 is 0 Å². The minimum atomic E-state index is -0.166. The second kappa shape index (κ2) is 10.8. The molecule has 0 aliphatic carbocycles. The molecule has 4 heteroatoms. The molecule has 3 nitrogen and oxygen atoms in total. The van der Waals surface area contributed by atoms with E-state index in [4.69, 9.17) is 4.74 Å². The molecule has 0 atom stereocenters. The highest BCUT2D eigenvalue weighted by Gasteiger charge is 2.10. The molecule has 0 aliphatic rings. The zero-order valence-corrected chi connectivity index (χ0v) is 15.2. The average molecular weight is 348 g/mol. The van der Waals surface area contributed by atoms with Gasteiger partial charge in [0.25, 0.3) is 0 Å². The summed E-state index contributed by atoms with van der Waals surface area (Å²) in [7, 11) is 0. The number of hydrogen-bond acceptors (Lipinski definition) is 3. The summed E-state index contributed by atoms with van der Waals surface area (Å²) in [4.78, 5) is 14.4. The summed E-state index contributed by atoms with van der Waals surface area (Å²) in [5.74, 6) is -0.166. The van der Waals surface area contributed by atoms with Crippen molar-refractivity contribution in [3.8, 4) is 11.1 Å². The predicted octanol–water partition coefficient (Wildman–Crippen LogP) is 4.20. The number of esters is 1. The molecule has 2 rings (SSSR count). The Morgan fingerprint density at radius 1 is 0.958 bits per heavy atom. The van der Waals surface area contributed by atoms with Gasteiger partial charge in [0.1, 0.15) is 6.61 Å². The molecule has 2 aromatic carbocycles. The monoisotopic (exact) mass is 347 g/mol. The lowest BCUT2D eigenvalue weighted by molar-refractivity contribution is -0.143. The summed E-state index contributed by atoms with van der Waals surface area (Å²) < 4.78 is 5.39. The Labute approximate surface area is 151 Å². The van der Waals surface area contributed by atoms with Gasteiger partial charge in [-0.25, -0.2) is 0 Å². The minimum Gasteiger partial charge on any atom is -0.464 e. The fraction of sp³-hybridized carbons (Fsp3) is 0.350. The van der Waals surface area contributed by atoms with E-state index in [1.54, 1.807) is 0 Å². The van der Waals surface area contributed by atoms with Gasteiger partial charge in [0, 0.05) is 6.54 Å². The highest BCUT2D eigenvalue weighted by Crippen LogP contribution is 2.23. The van der Waals surface area contributed by atoms with Gasteiger partial charge in [-0.2, -0.15) is 0 Å². The van der Waals surface area contributed by atoms with Crippen molar-refractivity contribution in [1.29, 1.82) is 0 Å². The molecule has 0 aliphatic heterocycles. The van der Waals surface area contributed by atoms with Crippen molar-refractivity contribution in [1.82, 2.24) is 4.90 Å². The summed E-state index contributed by atoms with van der Waals surface area (Å²) in [5, 5.41) is 0. The number of ether oxygens (including phenoxy) is 1. The van der Waals surface area contributed by atoms with Crippen LogP contribution in [0.25, 0.3) is 11.1 Å². The Kier molecular flexibility index (Phi) is 9.13. The molecule has 24 heavy (non-hydrogen) atoms. The average Bonchev–Trinajstić information content (AvgIpc) is 2.60. The van der Waals surface area contributed by atoms with Gasteiger partial charge in [-0.1, -0.05) is 68.4 Å². The van der Waals surface area contributed by atoms with Crippen LogP contribution in [0.2, 0.25) is 0 Å². The summed E-state index contributed by atoms with van der Waals surface area (Å²) >= 11 is 0. The molecule has 0 saturated heterocycles. The van der Waals surface area contributed by atoms with Gasteiger partial charge in [-0.3, -0.25) is 4.79 Å². The van der Waals surface area contributed by atoms with Crippen LogP contribution in [0.15, 0.2) is 54.6 Å². The molecular weight excluding hydrogens is 322 g/mol. The lowest BCUT2D eigenvalue weighted by Crippen LogP contribution is -2.28. The molecule has 0 bridgehead atoms. The number of rotatable bonds is 8. The summed E-state index contributed by atoms with van der Waals surface area (Å²) in [5.41, 5.74) is 3.22. The lowest BCUT2D eigenvalue weighted by Gasteiger charge is -2.17. The van der Waals surface area contributed by atoms with Crippen molar-refractivity contribution in [3.05, 3.63) is 60.2 Å². The number of carbonyl (C=O) groups excluding carboxylic acids is 1. The third kappa shape index (κ3) is 5.99. The molecule has 0 heterocycles. The van der Waals surface area contributed by atoms with Crippen molar-refractivity contribution >= 4 is 18.4 Å². The van der Waals surface area contributed by atoms with Crippen molar-refractivity contribution < 1.29 is 9.53 Å². The van der Waals surface area contributed by atoms with Crippen molar-refractivity contribution in [2.45, 2.75) is 20.3 Å². The second-order valence-corrected chi connectivity index (χ2v) is 5.45. The molecule has 0 spiro atoms. The molecule has 0 N–H and O–H groups in total. The molecule has 0 aromatic heterocycles. The topological polar surface area (TPSA) is 29.5 Å². The number of halogens is 1. The van der Waals surface area contributed by atoms with Crippen LogP contribution in [0, 0.1) is 0 Å². The second-order valence-electron chi connectivity index (χ2n) is 5.45. The minimum absolute atomic E-state index is 0. The first-order valence-electron chi connectivity index (χ1n) is 8.25. The van der Waals surface area contributed by atoms with E-state index in [1.165, 1.54) is 0 Å². The van der Waals surface area contributed by atoms with Gasteiger partial charge in [0.05, 0.1) is 6.42 Å². The standard InChI is InChI=1S/C20H25NO2.ClH/c1-3-21(4-2)14-15-23-20(22)16-18-12-8-9-13-19(18)17-10-6-5-7-11-17;/h5-13H,3-4,14-16H2,1-2H3;1H. The number of nitrogens with zero attached hydrogens (tertiary/aromatic N) is 1. The van der Waals surface area contributed by atoms with Gasteiger partial charge < -0.3 is 9.64 Å². The van der Waals surface area contributed by atoms with Crippen LogP contribution < -0.4 is 0 Å². The quantitative estimate of drug-likeness (QED) is 0.670. The number of benzene rings is 2. The zero-order valence-electron chi connectivity index (χ0n) is 14.4. The normalized spacial score (nSPS) is 10.3. The largest absolute Gasteiger partial charge is 0.464 e. The smallest absolute Gasteiger partial charge is 0.310 e. The molecule has 0 saturated carbocycles. The zero-order chi connectivity index (χ0) is 16.5. The maximum absolute atomic E-state index is 12.1. The SMILES string of the molecule is CCN(CC)CCOC(=O)Cc1ccccc1-c1ccccc1.Cl. The van der Waals surface area contributed by atoms with Gasteiger partial charge in [-0.05, 0) is 29.8 Å². The molecule has 0 fully saturated rings. The first-order chi connectivity index (χ1) is 11.2. The first-order valence-corrected chi connectivity index (χ1v) is 8.25. The Bertz CT molecular complexity index is 612. The number of likely N-dealkylation sites (N-methyl/N-ethyl adjacent to an activating group) is 1. The fourth-order valence-electron chi connectivity index (χ4n) is 2.61. The molecule has 2 aromatic rings. The Morgan fingerprint density at radius 2 is 1.58 bits per heavy atom. The van der Waals surface area contributed by atoms with Crippen molar-refractivity contribution in [2.75, 3.05) is 26.2 Å². The van der Waals surface area contributed by atoms with E-state index in [9.17, 15) is 4.79 Å². The van der Waals surface area contributed by atoms with Crippen LogP contribution in [0.1, 0.15) is 19.4 Å². The van der Waals surface area contributed by atoms with E-state index < -0.39 is 0 Å². The van der Waals surface area contributed by atoms with Gasteiger partial charge in [-0.15, -0.1) is 12.4 Å². The van der Waals surface area contributed by atoms with Crippen LogP contribution in [0.4, 0.5) is 0 Å². The maximum Gasteiger partial charge on any atom is 0.310 e. The van der Waals surface area contributed by atoms with Crippen LogP contribution in [-0.2, 0) is 16.0 Å². The lowest BCUT2D eigenvalue weighted by atomic mass is 9.98. The molecule has 0 amide bonds. The van der Waals surface area contributed by atoms with Gasteiger partial charge >= 0.3 is 5.97 Å². The van der Waals surface area contributed by atoms with Crippen LogP contribution >= 0.6 is 12.4 Å². The Hall–Kier alpha value is -1.84. The van der Waals surface area contributed by atoms with Gasteiger partial charge in [0.15, 0.2) is 0 Å². The van der Waals surface area contributed by atoms with E-state index in [0.717, 1.165) is 36.3 Å². The van der Waals surface area contributed by atoms with Crippen LogP contribution in [0.3, 0.4) is 0 Å². The van der Waals surface area contributed by atoms with Crippen molar-refractivity contribution in [2.24, 2.45) is 0 Å². The maximum atomic E-state index is 12.1. The fourth-order valence-corrected chi connectivity index (χ4v) is 2.61. The van der Waals surface area contributed by atoms with Crippen LogP contribution in [0.5, 0.6) is 0 Å². The molecular formula is C20H26ClNO2. The summed E-state index contributed by atoms with van der Waals surface area (Å²) in [6, 6.07) is 18.1. The third-order valence-corrected chi connectivity index (χ3v) is 4.00. The third-order valence-electron chi connectivity index (χ3n) is 4.00. The van der Waals surface area contributed by atoms with E-state index in [1.807, 2.05) is 42.5 Å². The highest BCUT2D eigenvalue weighted by molar-refractivity contribution is 5.85. The molecule has 0 radical (unpaired) electrons. The number of carbonyl (C=O) groups is 1. The molecule has 130 valence electrons. The predicted molar refractivity (Wildman–Crippen MR) is 102 cm³/mol.